The van der Waals surface area contributed by atoms with Crippen LogP contribution in [0.4, 0.5) is 0 Å². The largest absolute Gasteiger partial charge is 0.495 e. The highest BCUT2D eigenvalue weighted by molar-refractivity contribution is 7.10. The van der Waals surface area contributed by atoms with Crippen molar-refractivity contribution in [1.29, 1.82) is 0 Å². The third kappa shape index (κ3) is 3.11. The Morgan fingerprint density at radius 2 is 2.16 bits per heavy atom. The molecule has 1 unspecified atom stereocenters. The summed E-state index contributed by atoms with van der Waals surface area (Å²) < 4.78 is 5.31. The summed E-state index contributed by atoms with van der Waals surface area (Å²) in [6, 6.07) is 8.29. The summed E-state index contributed by atoms with van der Waals surface area (Å²) in [5, 5.41) is 6.29. The lowest BCUT2D eigenvalue weighted by Crippen LogP contribution is -2.21. The van der Waals surface area contributed by atoms with Gasteiger partial charge in [-0.15, -0.1) is 11.3 Å². The number of ether oxygens (including phenoxy) is 1. The topological polar surface area (TPSA) is 21.3 Å². The average Bonchev–Trinajstić information content (AvgIpc) is 2.83. The number of hydrogen-bond acceptors (Lipinski definition) is 3. The minimum Gasteiger partial charge on any atom is -0.495 e. The third-order valence-electron chi connectivity index (χ3n) is 3.08. The van der Waals surface area contributed by atoms with Gasteiger partial charge in [0.1, 0.15) is 5.75 Å². The van der Waals surface area contributed by atoms with Crippen molar-refractivity contribution >= 4 is 22.9 Å². The van der Waals surface area contributed by atoms with Crippen molar-refractivity contribution in [2.24, 2.45) is 0 Å². The van der Waals surface area contributed by atoms with Crippen molar-refractivity contribution < 1.29 is 4.74 Å². The van der Waals surface area contributed by atoms with Crippen LogP contribution in [0.2, 0.25) is 5.02 Å². The number of halogens is 1. The highest BCUT2D eigenvalue weighted by Gasteiger charge is 2.17. The fourth-order valence-electron chi connectivity index (χ4n) is 2.10. The average molecular weight is 296 g/mol. The van der Waals surface area contributed by atoms with E-state index in [9.17, 15) is 0 Å². The van der Waals surface area contributed by atoms with Crippen LogP contribution in [0.25, 0.3) is 0 Å². The molecule has 1 aromatic heterocycles. The van der Waals surface area contributed by atoms with E-state index in [0.717, 1.165) is 12.3 Å². The molecule has 0 amide bonds. The zero-order valence-electron chi connectivity index (χ0n) is 11.4. The number of methoxy groups -OCH3 is 1. The first-order chi connectivity index (χ1) is 9.17. The van der Waals surface area contributed by atoms with Gasteiger partial charge < -0.3 is 10.1 Å². The van der Waals surface area contributed by atoms with E-state index in [1.54, 1.807) is 18.4 Å². The summed E-state index contributed by atoms with van der Waals surface area (Å²) in [5.74, 6) is 0.719. The lowest BCUT2D eigenvalue weighted by molar-refractivity contribution is 0.414. The Hall–Kier alpha value is -1.03. The second kappa shape index (κ2) is 6.42. The van der Waals surface area contributed by atoms with Crippen LogP contribution in [0.15, 0.2) is 29.6 Å². The van der Waals surface area contributed by atoms with Crippen LogP contribution in [0.5, 0.6) is 5.75 Å². The number of benzene rings is 1. The van der Waals surface area contributed by atoms with Crippen molar-refractivity contribution in [1.82, 2.24) is 5.32 Å². The molecule has 1 N–H and O–H groups in total. The van der Waals surface area contributed by atoms with E-state index in [-0.39, 0.29) is 6.04 Å². The number of aryl methyl sites for hydroxylation is 1. The Bertz CT molecular complexity index is 553. The summed E-state index contributed by atoms with van der Waals surface area (Å²) in [7, 11) is 1.64. The Kier molecular flexibility index (Phi) is 4.86. The van der Waals surface area contributed by atoms with Crippen LogP contribution in [0, 0.1) is 6.92 Å². The minimum absolute atomic E-state index is 0.191. The van der Waals surface area contributed by atoms with E-state index in [1.807, 2.05) is 12.1 Å². The molecule has 102 valence electrons. The molecule has 1 aromatic carbocycles. The summed E-state index contributed by atoms with van der Waals surface area (Å²) in [6.07, 6.45) is 0. The van der Waals surface area contributed by atoms with Gasteiger partial charge in [0.05, 0.1) is 18.2 Å². The van der Waals surface area contributed by atoms with Crippen molar-refractivity contribution in [3.63, 3.8) is 0 Å². The molecule has 0 aliphatic heterocycles. The Balaban J connectivity index is 2.42. The van der Waals surface area contributed by atoms with Gasteiger partial charge >= 0.3 is 0 Å². The minimum atomic E-state index is 0.191. The van der Waals surface area contributed by atoms with Gasteiger partial charge in [-0.05, 0) is 48.2 Å². The second-order valence-corrected chi connectivity index (χ2v) is 5.71. The molecular weight excluding hydrogens is 278 g/mol. The lowest BCUT2D eigenvalue weighted by Gasteiger charge is -2.19. The molecular formula is C15H18ClNOS. The fourth-order valence-corrected chi connectivity index (χ4v) is 3.33. The monoisotopic (exact) mass is 295 g/mol. The highest BCUT2D eigenvalue weighted by Crippen LogP contribution is 2.33. The molecule has 0 saturated carbocycles. The standard InChI is InChI=1S/C15H18ClNOS/c1-4-17-14(15-10(2)7-8-19-15)11-5-6-12(16)13(9-11)18-3/h5-9,14,17H,4H2,1-3H3. The zero-order chi connectivity index (χ0) is 13.8. The number of nitrogens with one attached hydrogen (secondary N) is 1. The van der Waals surface area contributed by atoms with E-state index in [1.165, 1.54) is 16.0 Å². The van der Waals surface area contributed by atoms with Crippen molar-refractivity contribution in [3.05, 3.63) is 50.7 Å². The predicted molar refractivity (Wildman–Crippen MR) is 82.6 cm³/mol. The summed E-state index contributed by atoms with van der Waals surface area (Å²) >= 11 is 7.87. The molecule has 19 heavy (non-hydrogen) atoms. The molecule has 0 radical (unpaired) electrons. The SMILES string of the molecule is CCNC(c1ccc(Cl)c(OC)c1)c1sccc1C. The summed E-state index contributed by atoms with van der Waals surface area (Å²) in [4.78, 5) is 1.34. The predicted octanol–water partition coefficient (Wildman–Crippen LogP) is 4.42. The number of thiophene rings is 1. The van der Waals surface area contributed by atoms with Gasteiger partial charge in [0.25, 0.3) is 0 Å². The van der Waals surface area contributed by atoms with Gasteiger partial charge in [-0.2, -0.15) is 0 Å². The van der Waals surface area contributed by atoms with Crippen LogP contribution in [-0.2, 0) is 0 Å². The van der Waals surface area contributed by atoms with Gasteiger partial charge in [-0.3, -0.25) is 0 Å². The van der Waals surface area contributed by atoms with Crippen LogP contribution in [0.1, 0.15) is 29.0 Å². The summed E-state index contributed by atoms with van der Waals surface area (Å²) in [6.45, 7) is 5.17. The molecule has 0 spiro atoms. The molecule has 0 aliphatic rings. The van der Waals surface area contributed by atoms with E-state index >= 15 is 0 Å². The van der Waals surface area contributed by atoms with E-state index in [0.29, 0.717) is 5.02 Å². The van der Waals surface area contributed by atoms with Crippen LogP contribution in [0.3, 0.4) is 0 Å². The van der Waals surface area contributed by atoms with Crippen LogP contribution in [-0.4, -0.2) is 13.7 Å². The van der Waals surface area contributed by atoms with Gasteiger partial charge in [-0.25, -0.2) is 0 Å². The zero-order valence-corrected chi connectivity index (χ0v) is 12.9. The van der Waals surface area contributed by atoms with Gasteiger partial charge in [-0.1, -0.05) is 24.6 Å². The molecule has 2 nitrogen and oxygen atoms in total. The maximum absolute atomic E-state index is 6.09. The van der Waals surface area contributed by atoms with Crippen molar-refractivity contribution in [2.45, 2.75) is 19.9 Å². The van der Waals surface area contributed by atoms with E-state index in [4.69, 9.17) is 16.3 Å². The second-order valence-electron chi connectivity index (χ2n) is 4.35. The highest BCUT2D eigenvalue weighted by atomic mass is 35.5. The van der Waals surface area contributed by atoms with Crippen LogP contribution < -0.4 is 10.1 Å². The van der Waals surface area contributed by atoms with E-state index in [2.05, 4.69) is 36.7 Å². The fraction of sp³-hybridized carbons (Fsp3) is 0.333. The maximum Gasteiger partial charge on any atom is 0.137 e. The van der Waals surface area contributed by atoms with Gasteiger partial charge in [0.15, 0.2) is 0 Å². The molecule has 4 heteroatoms. The van der Waals surface area contributed by atoms with Crippen molar-refractivity contribution in [2.75, 3.05) is 13.7 Å². The lowest BCUT2D eigenvalue weighted by atomic mass is 10.0. The molecule has 1 atom stereocenters. The maximum atomic E-state index is 6.09. The first-order valence-corrected chi connectivity index (χ1v) is 7.54. The Morgan fingerprint density at radius 1 is 1.37 bits per heavy atom. The third-order valence-corrected chi connectivity index (χ3v) is 4.48. The molecule has 2 aromatic rings. The number of rotatable bonds is 5. The normalized spacial score (nSPS) is 12.4. The van der Waals surface area contributed by atoms with Crippen molar-refractivity contribution in [3.8, 4) is 5.75 Å². The summed E-state index contributed by atoms with van der Waals surface area (Å²) in [5.41, 5.74) is 2.48. The first-order valence-electron chi connectivity index (χ1n) is 6.28. The van der Waals surface area contributed by atoms with Gasteiger partial charge in [0, 0.05) is 4.88 Å². The first kappa shape index (κ1) is 14.4. The number of hydrogen-bond donors (Lipinski definition) is 1. The molecule has 2 rings (SSSR count). The quantitative estimate of drug-likeness (QED) is 0.882. The molecule has 0 saturated heterocycles. The Morgan fingerprint density at radius 3 is 2.74 bits per heavy atom. The smallest absolute Gasteiger partial charge is 0.137 e. The van der Waals surface area contributed by atoms with Gasteiger partial charge in [0.2, 0.25) is 0 Å². The Labute approximate surface area is 123 Å². The molecule has 1 heterocycles. The van der Waals surface area contributed by atoms with E-state index < -0.39 is 0 Å². The molecule has 0 fully saturated rings. The molecule has 0 aliphatic carbocycles. The van der Waals surface area contributed by atoms with Crippen LogP contribution >= 0.6 is 22.9 Å². The molecule has 0 bridgehead atoms.